The monoisotopic (exact) mass is 302 g/mol. The summed E-state index contributed by atoms with van der Waals surface area (Å²) in [6.07, 6.45) is 1.18. The van der Waals surface area contributed by atoms with Gasteiger partial charge >= 0.3 is 0 Å². The van der Waals surface area contributed by atoms with E-state index in [4.69, 9.17) is 0 Å². The summed E-state index contributed by atoms with van der Waals surface area (Å²) in [7, 11) is -3.17. The predicted molar refractivity (Wildman–Crippen MR) is 84.3 cm³/mol. The Morgan fingerprint density at radius 1 is 0.810 bits per heavy atom. The third-order valence-corrected chi connectivity index (χ3v) is 4.23. The highest BCUT2D eigenvalue weighted by molar-refractivity contribution is 7.90. The number of hydrogen-bond donors (Lipinski definition) is 0. The van der Waals surface area contributed by atoms with E-state index < -0.39 is 9.84 Å². The summed E-state index contributed by atoms with van der Waals surface area (Å²) >= 11 is 0. The van der Waals surface area contributed by atoms with Gasteiger partial charge in [0.05, 0.1) is 16.3 Å². The minimum atomic E-state index is -3.17. The Morgan fingerprint density at radius 3 is 1.62 bits per heavy atom. The van der Waals surface area contributed by atoms with Crippen molar-refractivity contribution in [2.45, 2.75) is 24.7 Å². The van der Waals surface area contributed by atoms with E-state index in [9.17, 15) is 8.42 Å². The maximum atomic E-state index is 11.4. The molecule has 0 aromatic heterocycles. The summed E-state index contributed by atoms with van der Waals surface area (Å²) in [4.78, 5) is 0.280. The normalized spacial score (nSPS) is 12.2. The summed E-state index contributed by atoms with van der Waals surface area (Å²) in [5, 5.41) is 8.25. The zero-order valence-corrected chi connectivity index (χ0v) is 13.1. The first-order valence-electron chi connectivity index (χ1n) is 6.68. The van der Waals surface area contributed by atoms with Crippen molar-refractivity contribution in [3.8, 4) is 0 Å². The topological polar surface area (TPSA) is 58.9 Å². The largest absolute Gasteiger partial charge is 0.224 e. The molecule has 0 saturated heterocycles. The van der Waals surface area contributed by atoms with Crippen LogP contribution < -0.4 is 0 Å². The molecular weight excluding hydrogens is 284 g/mol. The van der Waals surface area contributed by atoms with Gasteiger partial charge in [-0.15, -0.1) is 0 Å². The maximum absolute atomic E-state index is 11.4. The van der Waals surface area contributed by atoms with Crippen LogP contribution in [0.1, 0.15) is 25.3 Å². The number of nitrogens with zero attached hydrogens (tertiary/aromatic N) is 2. The Labute approximate surface area is 125 Å². The van der Waals surface area contributed by atoms with E-state index >= 15 is 0 Å². The fraction of sp³-hybridized carbons (Fsp3) is 0.250. The van der Waals surface area contributed by atoms with Gasteiger partial charge in [0.2, 0.25) is 0 Å². The van der Waals surface area contributed by atoms with Crippen molar-refractivity contribution in [1.82, 2.24) is 0 Å². The highest BCUT2D eigenvalue weighted by Crippen LogP contribution is 2.22. The molecule has 110 valence electrons. The predicted octanol–water partition coefficient (Wildman–Crippen LogP) is 4.63. The van der Waals surface area contributed by atoms with Gasteiger partial charge in [0, 0.05) is 6.26 Å². The smallest absolute Gasteiger partial charge is 0.175 e. The molecule has 0 radical (unpaired) electrons. The molecule has 0 bridgehead atoms. The average Bonchev–Trinajstić information content (AvgIpc) is 2.45. The summed E-state index contributed by atoms with van der Waals surface area (Å²) in [5.74, 6) is 0.486. The fourth-order valence-corrected chi connectivity index (χ4v) is 2.43. The standard InChI is InChI=1S/C16H18N2O2S/c1-12(2)13-4-6-14(7-5-13)17-18-15-8-10-16(11-9-15)21(3,19)20/h4-12H,1-3H3. The van der Waals surface area contributed by atoms with Crippen molar-refractivity contribution in [2.75, 3.05) is 6.26 Å². The van der Waals surface area contributed by atoms with E-state index in [2.05, 4.69) is 24.1 Å². The first-order valence-corrected chi connectivity index (χ1v) is 8.57. The molecular formula is C16H18N2O2S. The van der Waals surface area contributed by atoms with E-state index in [1.807, 2.05) is 24.3 Å². The third kappa shape index (κ3) is 4.23. The van der Waals surface area contributed by atoms with Gasteiger partial charge in [-0.25, -0.2) is 8.42 Å². The Balaban J connectivity index is 2.14. The van der Waals surface area contributed by atoms with Crippen LogP contribution in [0.2, 0.25) is 0 Å². The molecule has 5 heteroatoms. The summed E-state index contributed by atoms with van der Waals surface area (Å²) in [5.41, 5.74) is 2.65. The van der Waals surface area contributed by atoms with Gasteiger partial charge in [0.25, 0.3) is 0 Å². The second kappa shape index (κ2) is 6.18. The zero-order chi connectivity index (χ0) is 15.5. The van der Waals surface area contributed by atoms with Crippen LogP contribution in [0.4, 0.5) is 11.4 Å². The van der Waals surface area contributed by atoms with E-state index in [1.165, 1.54) is 24.0 Å². The molecule has 0 unspecified atom stereocenters. The van der Waals surface area contributed by atoms with E-state index in [1.54, 1.807) is 12.1 Å². The van der Waals surface area contributed by atoms with Gasteiger partial charge in [-0.2, -0.15) is 10.2 Å². The van der Waals surface area contributed by atoms with Crippen molar-refractivity contribution in [2.24, 2.45) is 10.2 Å². The van der Waals surface area contributed by atoms with Crippen LogP contribution in [0, 0.1) is 0 Å². The molecule has 2 aromatic rings. The van der Waals surface area contributed by atoms with Crippen molar-refractivity contribution in [3.63, 3.8) is 0 Å². The molecule has 0 N–H and O–H groups in total. The summed E-state index contributed by atoms with van der Waals surface area (Å²) in [6.45, 7) is 4.28. The molecule has 2 rings (SSSR count). The van der Waals surface area contributed by atoms with Gasteiger partial charge in [0.1, 0.15) is 0 Å². The van der Waals surface area contributed by atoms with Gasteiger partial charge in [0.15, 0.2) is 9.84 Å². The van der Waals surface area contributed by atoms with Crippen molar-refractivity contribution < 1.29 is 8.42 Å². The molecule has 0 heterocycles. The van der Waals surface area contributed by atoms with Crippen LogP contribution in [0.25, 0.3) is 0 Å². The average molecular weight is 302 g/mol. The molecule has 0 amide bonds. The molecule has 0 aliphatic carbocycles. The third-order valence-electron chi connectivity index (χ3n) is 3.11. The Hall–Kier alpha value is -2.01. The van der Waals surface area contributed by atoms with E-state index in [0.717, 1.165) is 5.69 Å². The molecule has 0 aliphatic rings. The lowest BCUT2D eigenvalue weighted by Gasteiger charge is -2.04. The molecule has 0 saturated carbocycles. The quantitative estimate of drug-likeness (QED) is 0.773. The minimum Gasteiger partial charge on any atom is -0.224 e. The molecule has 0 spiro atoms. The van der Waals surface area contributed by atoms with Crippen molar-refractivity contribution in [3.05, 3.63) is 54.1 Å². The number of sulfone groups is 1. The van der Waals surface area contributed by atoms with E-state index in [-0.39, 0.29) is 4.90 Å². The van der Waals surface area contributed by atoms with Crippen LogP contribution in [-0.4, -0.2) is 14.7 Å². The number of hydrogen-bond acceptors (Lipinski definition) is 4. The number of rotatable bonds is 4. The number of benzene rings is 2. The highest BCUT2D eigenvalue weighted by atomic mass is 32.2. The fourth-order valence-electron chi connectivity index (χ4n) is 1.80. The summed E-state index contributed by atoms with van der Waals surface area (Å²) in [6, 6.07) is 14.3. The Bertz CT molecular complexity index is 731. The Kier molecular flexibility index (Phi) is 4.53. The second-order valence-electron chi connectivity index (χ2n) is 5.21. The summed E-state index contributed by atoms with van der Waals surface area (Å²) < 4.78 is 22.7. The van der Waals surface area contributed by atoms with Gasteiger partial charge in [-0.1, -0.05) is 26.0 Å². The lowest BCUT2D eigenvalue weighted by atomic mass is 10.0. The molecule has 0 aliphatic heterocycles. The molecule has 0 fully saturated rings. The molecule has 21 heavy (non-hydrogen) atoms. The molecule has 0 atom stereocenters. The first kappa shape index (κ1) is 15.4. The van der Waals surface area contributed by atoms with E-state index in [0.29, 0.717) is 11.6 Å². The molecule has 2 aromatic carbocycles. The minimum absolute atomic E-state index is 0.280. The van der Waals surface area contributed by atoms with Crippen LogP contribution in [0.5, 0.6) is 0 Å². The Morgan fingerprint density at radius 2 is 1.24 bits per heavy atom. The lowest BCUT2D eigenvalue weighted by molar-refractivity contribution is 0.602. The van der Waals surface area contributed by atoms with Crippen LogP contribution in [0.3, 0.4) is 0 Å². The zero-order valence-electron chi connectivity index (χ0n) is 12.3. The highest BCUT2D eigenvalue weighted by Gasteiger charge is 2.05. The second-order valence-corrected chi connectivity index (χ2v) is 7.23. The lowest BCUT2D eigenvalue weighted by Crippen LogP contribution is -1.95. The van der Waals surface area contributed by atoms with Gasteiger partial charge in [-0.05, 0) is 47.9 Å². The SMILES string of the molecule is CC(C)c1ccc(N=Nc2ccc(S(C)(=O)=O)cc2)cc1. The number of azo groups is 1. The van der Waals surface area contributed by atoms with Crippen molar-refractivity contribution >= 4 is 21.2 Å². The van der Waals surface area contributed by atoms with Crippen LogP contribution >= 0.6 is 0 Å². The van der Waals surface area contributed by atoms with Gasteiger partial charge in [-0.3, -0.25) is 0 Å². The van der Waals surface area contributed by atoms with Crippen molar-refractivity contribution in [1.29, 1.82) is 0 Å². The first-order chi connectivity index (χ1) is 9.86. The van der Waals surface area contributed by atoms with Crippen LogP contribution in [0.15, 0.2) is 63.7 Å². The van der Waals surface area contributed by atoms with Gasteiger partial charge < -0.3 is 0 Å². The van der Waals surface area contributed by atoms with Crippen LogP contribution in [-0.2, 0) is 9.84 Å². The molecule has 4 nitrogen and oxygen atoms in total. The maximum Gasteiger partial charge on any atom is 0.175 e.